The average molecular weight is 497 g/mol. The van der Waals surface area contributed by atoms with Crippen LogP contribution in [-0.2, 0) is 4.79 Å². The van der Waals surface area contributed by atoms with Gasteiger partial charge in [-0.15, -0.1) is 0 Å². The molecular weight excluding hydrogens is 478 g/mol. The van der Waals surface area contributed by atoms with E-state index in [0.29, 0.717) is 22.3 Å². The number of carbonyl (C=O) groups is 3. The number of alkyl halides is 2. The van der Waals surface area contributed by atoms with Gasteiger partial charge in [0.2, 0.25) is 0 Å². The topological polar surface area (TPSA) is 86.7 Å². The molecule has 0 atom stereocenters. The number of nitrogens with zero attached hydrogens (tertiary/aromatic N) is 1. The van der Waals surface area contributed by atoms with Gasteiger partial charge in [-0.1, -0.05) is 35.9 Å². The highest BCUT2D eigenvalue weighted by molar-refractivity contribution is 6.31. The van der Waals surface area contributed by atoms with Gasteiger partial charge in [0.25, 0.3) is 17.7 Å². The summed E-state index contributed by atoms with van der Waals surface area (Å²) in [5.41, 5.74) is 0.548. The molecular formula is C26H19ClF2N2O4. The first-order chi connectivity index (χ1) is 16.7. The van der Waals surface area contributed by atoms with Crippen LogP contribution in [0.2, 0.25) is 5.02 Å². The molecule has 3 aromatic rings. The third-order valence-corrected chi connectivity index (χ3v) is 5.75. The van der Waals surface area contributed by atoms with Crippen molar-refractivity contribution >= 4 is 46.3 Å². The normalized spacial score (nSPS) is 15.7. The minimum Gasteiger partial charge on any atom is -0.478 e. The lowest BCUT2D eigenvalue weighted by atomic mass is 9.97. The van der Waals surface area contributed by atoms with Crippen LogP contribution >= 0.6 is 11.6 Å². The fourth-order valence-electron chi connectivity index (χ4n) is 3.84. The van der Waals surface area contributed by atoms with E-state index in [4.69, 9.17) is 16.7 Å². The quantitative estimate of drug-likeness (QED) is 0.450. The minimum absolute atomic E-state index is 0.0174. The number of hydrogen-bond acceptors (Lipinski definition) is 3. The Morgan fingerprint density at radius 1 is 0.971 bits per heavy atom. The Morgan fingerprint density at radius 2 is 1.69 bits per heavy atom. The number of nitrogens with one attached hydrogen (secondary N) is 1. The number of benzene rings is 3. The number of rotatable bonds is 4. The van der Waals surface area contributed by atoms with Gasteiger partial charge < -0.3 is 15.3 Å². The van der Waals surface area contributed by atoms with Crippen molar-refractivity contribution in [3.63, 3.8) is 0 Å². The molecule has 1 aliphatic heterocycles. The first-order valence-electron chi connectivity index (χ1n) is 10.6. The SMILES string of the molecule is O=C(O)C=C1c2ccccc2N(C(=O)c2ccc(NC(=O)c3cccc(Cl)c3)cc2)CCC1(F)F. The van der Waals surface area contributed by atoms with E-state index in [0.717, 1.165) is 0 Å². The van der Waals surface area contributed by atoms with Crippen molar-refractivity contribution in [2.45, 2.75) is 12.3 Å². The van der Waals surface area contributed by atoms with Crippen molar-refractivity contribution < 1.29 is 28.3 Å². The van der Waals surface area contributed by atoms with Crippen LogP contribution in [0, 0.1) is 0 Å². The summed E-state index contributed by atoms with van der Waals surface area (Å²) in [5.74, 6) is -5.84. The van der Waals surface area contributed by atoms with Crippen molar-refractivity contribution in [1.29, 1.82) is 0 Å². The Balaban J connectivity index is 1.60. The first-order valence-corrected chi connectivity index (χ1v) is 10.9. The lowest BCUT2D eigenvalue weighted by molar-refractivity contribution is -0.131. The fourth-order valence-corrected chi connectivity index (χ4v) is 4.03. The molecule has 0 aliphatic carbocycles. The molecule has 0 saturated heterocycles. The molecule has 2 N–H and O–H groups in total. The molecule has 9 heteroatoms. The standard InChI is InChI=1S/C26H19ClF2N2O4/c27-18-5-3-4-17(14-18)24(34)30-19-10-8-16(9-11-19)25(35)31-13-12-26(28,29)21(15-23(32)33)20-6-1-2-7-22(20)31/h1-11,14-15H,12-13H2,(H,30,34)(H,32,33). The summed E-state index contributed by atoms with van der Waals surface area (Å²) in [6.07, 6.45) is -0.246. The molecule has 1 heterocycles. The molecule has 1 aliphatic rings. The maximum Gasteiger partial charge on any atom is 0.328 e. The molecule has 3 aromatic carbocycles. The van der Waals surface area contributed by atoms with Gasteiger partial charge in [-0.25, -0.2) is 13.6 Å². The molecule has 0 saturated carbocycles. The number of aliphatic carboxylic acids is 1. The molecule has 4 rings (SSSR count). The summed E-state index contributed by atoms with van der Waals surface area (Å²) < 4.78 is 29.7. The maximum absolute atomic E-state index is 14.8. The van der Waals surface area contributed by atoms with Crippen LogP contribution in [0.5, 0.6) is 0 Å². The molecule has 35 heavy (non-hydrogen) atoms. The number of para-hydroxylation sites is 1. The smallest absolute Gasteiger partial charge is 0.328 e. The van der Waals surface area contributed by atoms with Gasteiger partial charge >= 0.3 is 5.97 Å². The molecule has 0 radical (unpaired) electrons. The van der Waals surface area contributed by atoms with Crippen LogP contribution in [0.25, 0.3) is 5.57 Å². The minimum atomic E-state index is -3.43. The number of halogens is 3. The number of anilines is 2. The number of allylic oxidation sites excluding steroid dienone is 1. The monoisotopic (exact) mass is 496 g/mol. The van der Waals surface area contributed by atoms with Crippen LogP contribution < -0.4 is 10.2 Å². The molecule has 0 bridgehead atoms. The molecule has 2 amide bonds. The van der Waals surface area contributed by atoms with E-state index in [2.05, 4.69) is 5.32 Å². The van der Waals surface area contributed by atoms with Crippen LogP contribution in [0.1, 0.15) is 32.7 Å². The van der Waals surface area contributed by atoms with Gasteiger partial charge in [-0.2, -0.15) is 0 Å². The zero-order chi connectivity index (χ0) is 25.2. The second-order valence-corrected chi connectivity index (χ2v) is 8.30. The number of hydrogen-bond donors (Lipinski definition) is 2. The van der Waals surface area contributed by atoms with E-state index in [1.807, 2.05) is 0 Å². The van der Waals surface area contributed by atoms with E-state index in [1.165, 1.54) is 53.4 Å². The van der Waals surface area contributed by atoms with Crippen molar-refractivity contribution in [2.75, 3.05) is 16.8 Å². The van der Waals surface area contributed by atoms with E-state index < -0.39 is 29.8 Å². The Hall–Kier alpha value is -4.04. The average Bonchev–Trinajstić information content (AvgIpc) is 2.93. The molecule has 0 aromatic heterocycles. The predicted molar refractivity (Wildman–Crippen MR) is 129 cm³/mol. The van der Waals surface area contributed by atoms with Gasteiger partial charge in [-0.05, 0) is 48.5 Å². The van der Waals surface area contributed by atoms with Crippen LogP contribution in [-0.4, -0.2) is 35.4 Å². The lowest BCUT2D eigenvalue weighted by Gasteiger charge is -2.23. The summed E-state index contributed by atoms with van der Waals surface area (Å²) >= 11 is 5.92. The predicted octanol–water partition coefficient (Wildman–Crippen LogP) is 5.75. The summed E-state index contributed by atoms with van der Waals surface area (Å²) in [5, 5.41) is 12.2. The highest BCUT2D eigenvalue weighted by atomic mass is 35.5. The molecule has 0 unspecified atom stereocenters. The summed E-state index contributed by atoms with van der Waals surface area (Å²) in [6.45, 7) is -0.312. The highest BCUT2D eigenvalue weighted by Gasteiger charge is 2.41. The second kappa shape index (κ2) is 9.68. The van der Waals surface area contributed by atoms with Gasteiger partial charge in [0.1, 0.15) is 0 Å². The van der Waals surface area contributed by atoms with Gasteiger partial charge in [0.05, 0.1) is 5.69 Å². The fraction of sp³-hybridized carbons (Fsp3) is 0.115. The Kier molecular flexibility index (Phi) is 6.66. The van der Waals surface area contributed by atoms with Crippen LogP contribution in [0.4, 0.5) is 20.2 Å². The lowest BCUT2D eigenvalue weighted by Crippen LogP contribution is -2.33. The van der Waals surface area contributed by atoms with Crippen molar-refractivity contribution in [3.8, 4) is 0 Å². The van der Waals surface area contributed by atoms with E-state index in [1.54, 1.807) is 24.3 Å². The van der Waals surface area contributed by atoms with Crippen molar-refractivity contribution in [3.05, 3.63) is 101 Å². The second-order valence-electron chi connectivity index (χ2n) is 7.87. The molecule has 0 spiro atoms. The largest absolute Gasteiger partial charge is 0.478 e. The number of carboxylic acids is 1. The van der Waals surface area contributed by atoms with Crippen LogP contribution in [0.3, 0.4) is 0 Å². The number of carboxylic acid groups (broad SMARTS) is 1. The van der Waals surface area contributed by atoms with E-state index in [-0.39, 0.29) is 29.3 Å². The highest BCUT2D eigenvalue weighted by Crippen LogP contribution is 2.43. The zero-order valence-corrected chi connectivity index (χ0v) is 18.9. The zero-order valence-electron chi connectivity index (χ0n) is 18.2. The van der Waals surface area contributed by atoms with E-state index >= 15 is 0 Å². The van der Waals surface area contributed by atoms with Gasteiger partial charge in [-0.3, -0.25) is 9.59 Å². The third-order valence-electron chi connectivity index (χ3n) is 5.52. The van der Waals surface area contributed by atoms with Crippen molar-refractivity contribution in [1.82, 2.24) is 0 Å². The number of carbonyl (C=O) groups excluding carboxylic acids is 2. The van der Waals surface area contributed by atoms with Gasteiger partial charge in [0, 0.05) is 52.0 Å². The summed E-state index contributed by atoms with van der Waals surface area (Å²) in [7, 11) is 0. The van der Waals surface area contributed by atoms with E-state index in [9.17, 15) is 23.2 Å². The molecule has 0 fully saturated rings. The molecule has 6 nitrogen and oxygen atoms in total. The first kappa shape index (κ1) is 24.1. The van der Waals surface area contributed by atoms with Gasteiger partial charge in [0.15, 0.2) is 0 Å². The Bertz CT molecular complexity index is 1340. The van der Waals surface area contributed by atoms with Crippen molar-refractivity contribution in [2.24, 2.45) is 0 Å². The summed E-state index contributed by atoms with van der Waals surface area (Å²) in [6, 6.07) is 18.4. The third kappa shape index (κ3) is 5.22. The number of fused-ring (bicyclic) bond motifs is 1. The summed E-state index contributed by atoms with van der Waals surface area (Å²) in [4.78, 5) is 38.1. The maximum atomic E-state index is 14.8. The number of amides is 2. The molecule has 178 valence electrons. The van der Waals surface area contributed by atoms with Crippen LogP contribution in [0.15, 0.2) is 78.9 Å². The Morgan fingerprint density at radius 3 is 2.37 bits per heavy atom. The Labute approximate surface area is 204 Å².